The number of aromatic carboxylic acids is 1. The molecule has 2 N–H and O–H groups in total. The van der Waals surface area contributed by atoms with Crippen LogP contribution in [0.1, 0.15) is 16.1 Å². The van der Waals surface area contributed by atoms with E-state index < -0.39 is 23.8 Å². The summed E-state index contributed by atoms with van der Waals surface area (Å²) in [4.78, 5) is 47.3. The number of carbonyl (C=O) groups is 4. The van der Waals surface area contributed by atoms with E-state index in [1.165, 1.54) is 31.3 Å². The van der Waals surface area contributed by atoms with E-state index in [9.17, 15) is 24.3 Å². The Morgan fingerprint density at radius 1 is 1.16 bits per heavy atom. The van der Waals surface area contributed by atoms with Crippen LogP contribution in [0.4, 0.5) is 4.79 Å². The molecule has 8 heteroatoms. The van der Waals surface area contributed by atoms with Crippen LogP contribution in [0.2, 0.25) is 0 Å². The third kappa shape index (κ3) is 2.92. The number of urea groups is 1. The Morgan fingerprint density at radius 3 is 2.60 bits per heavy atom. The molecule has 0 spiro atoms. The molecule has 1 saturated heterocycles. The number of barbiturate groups is 1. The minimum absolute atomic E-state index is 0.0628. The van der Waals surface area contributed by atoms with Crippen molar-refractivity contribution in [2.75, 3.05) is 7.05 Å². The fourth-order valence-electron chi connectivity index (χ4n) is 2.35. The molecule has 1 fully saturated rings. The van der Waals surface area contributed by atoms with Gasteiger partial charge in [-0.3, -0.25) is 19.8 Å². The number of furan rings is 1. The SMILES string of the molecule is CN1C(=O)NC(=O)/C(=C\c2ccc(-c3ccccc3C(=O)O)o2)C1=O. The van der Waals surface area contributed by atoms with E-state index in [4.69, 9.17) is 4.42 Å². The fraction of sp³-hybridized carbons (Fsp3) is 0.0588. The molecule has 2 heterocycles. The molecule has 4 amide bonds. The molecule has 2 aromatic rings. The topological polar surface area (TPSA) is 117 Å². The zero-order valence-corrected chi connectivity index (χ0v) is 13.0. The highest BCUT2D eigenvalue weighted by Gasteiger charge is 2.33. The molecule has 0 bridgehead atoms. The van der Waals surface area contributed by atoms with E-state index in [0.717, 1.165) is 4.90 Å². The number of benzene rings is 1. The molecule has 0 saturated carbocycles. The molecule has 0 atom stereocenters. The van der Waals surface area contributed by atoms with E-state index in [0.29, 0.717) is 5.56 Å². The van der Waals surface area contributed by atoms with E-state index in [-0.39, 0.29) is 22.7 Å². The van der Waals surface area contributed by atoms with Crippen molar-refractivity contribution in [2.45, 2.75) is 0 Å². The second-order valence-corrected chi connectivity index (χ2v) is 5.23. The summed E-state index contributed by atoms with van der Waals surface area (Å²) in [7, 11) is 1.24. The summed E-state index contributed by atoms with van der Waals surface area (Å²) in [5.74, 6) is -2.22. The lowest BCUT2D eigenvalue weighted by atomic mass is 10.1. The molecule has 8 nitrogen and oxygen atoms in total. The van der Waals surface area contributed by atoms with Gasteiger partial charge in [0.25, 0.3) is 11.8 Å². The van der Waals surface area contributed by atoms with E-state index in [1.807, 2.05) is 5.32 Å². The van der Waals surface area contributed by atoms with Gasteiger partial charge in [-0.25, -0.2) is 9.59 Å². The third-order valence-corrected chi connectivity index (χ3v) is 3.64. The maximum absolute atomic E-state index is 12.0. The molecule has 0 unspecified atom stereocenters. The Bertz CT molecular complexity index is 940. The van der Waals surface area contributed by atoms with Crippen LogP contribution in [-0.2, 0) is 9.59 Å². The van der Waals surface area contributed by atoms with Crippen LogP contribution in [0.25, 0.3) is 17.4 Å². The minimum Gasteiger partial charge on any atom is -0.478 e. The summed E-state index contributed by atoms with van der Waals surface area (Å²) in [5, 5.41) is 11.3. The number of carbonyl (C=O) groups excluding carboxylic acids is 3. The Hall–Kier alpha value is -3.68. The second kappa shape index (κ2) is 6.08. The first-order valence-electron chi connectivity index (χ1n) is 7.16. The first kappa shape index (κ1) is 16.2. The van der Waals surface area contributed by atoms with Gasteiger partial charge in [-0.2, -0.15) is 0 Å². The average molecular weight is 340 g/mol. The Labute approximate surface area is 141 Å². The maximum Gasteiger partial charge on any atom is 0.336 e. The van der Waals surface area contributed by atoms with Crippen LogP contribution in [0.3, 0.4) is 0 Å². The number of hydrogen-bond acceptors (Lipinski definition) is 5. The van der Waals surface area contributed by atoms with Crippen LogP contribution in [0, 0.1) is 0 Å². The number of likely N-dealkylation sites (N-methyl/N-ethyl adjacent to an activating group) is 1. The van der Waals surface area contributed by atoms with E-state index in [2.05, 4.69) is 0 Å². The van der Waals surface area contributed by atoms with Crippen LogP contribution in [-0.4, -0.2) is 40.9 Å². The molecule has 3 rings (SSSR count). The predicted molar refractivity (Wildman–Crippen MR) is 85.4 cm³/mol. The van der Waals surface area contributed by atoms with Gasteiger partial charge >= 0.3 is 12.0 Å². The first-order chi connectivity index (χ1) is 11.9. The molecule has 25 heavy (non-hydrogen) atoms. The van der Waals surface area contributed by atoms with E-state index >= 15 is 0 Å². The third-order valence-electron chi connectivity index (χ3n) is 3.64. The smallest absolute Gasteiger partial charge is 0.336 e. The number of nitrogens with one attached hydrogen (secondary N) is 1. The quantitative estimate of drug-likeness (QED) is 0.649. The molecule has 0 aliphatic carbocycles. The lowest BCUT2D eigenvalue weighted by Crippen LogP contribution is -2.52. The Morgan fingerprint density at radius 2 is 1.88 bits per heavy atom. The number of rotatable bonds is 3. The molecular weight excluding hydrogens is 328 g/mol. The van der Waals surface area contributed by atoms with Gasteiger partial charge in [0.2, 0.25) is 0 Å². The molecule has 1 aromatic carbocycles. The number of imide groups is 2. The first-order valence-corrected chi connectivity index (χ1v) is 7.16. The molecular formula is C17H12N2O6. The summed E-state index contributed by atoms with van der Waals surface area (Å²) in [6.07, 6.45) is 1.20. The fourth-order valence-corrected chi connectivity index (χ4v) is 2.35. The summed E-state index contributed by atoms with van der Waals surface area (Å²) in [6.45, 7) is 0. The van der Waals surface area contributed by atoms with Gasteiger partial charge in [-0.15, -0.1) is 0 Å². The maximum atomic E-state index is 12.0. The van der Waals surface area contributed by atoms with Gasteiger partial charge in [0, 0.05) is 12.6 Å². The highest BCUT2D eigenvalue weighted by atomic mass is 16.4. The zero-order chi connectivity index (χ0) is 18.1. The van der Waals surface area contributed by atoms with Crippen molar-refractivity contribution in [2.24, 2.45) is 0 Å². The molecule has 1 aliphatic rings. The van der Waals surface area contributed by atoms with Crippen molar-refractivity contribution in [3.63, 3.8) is 0 Å². The normalized spacial score (nSPS) is 16.3. The van der Waals surface area contributed by atoms with Gasteiger partial charge in [0.15, 0.2) is 0 Å². The lowest BCUT2D eigenvalue weighted by Gasteiger charge is -2.21. The van der Waals surface area contributed by atoms with Crippen LogP contribution in [0.15, 0.2) is 46.4 Å². The van der Waals surface area contributed by atoms with Crippen LogP contribution in [0.5, 0.6) is 0 Å². The Balaban J connectivity index is 1.98. The summed E-state index contributed by atoms with van der Waals surface area (Å²) in [6, 6.07) is 8.52. The monoisotopic (exact) mass is 340 g/mol. The van der Waals surface area contributed by atoms with Crippen molar-refractivity contribution in [3.05, 3.63) is 53.3 Å². The second-order valence-electron chi connectivity index (χ2n) is 5.23. The van der Waals surface area contributed by atoms with Gasteiger partial charge in [0.1, 0.15) is 17.1 Å². The molecule has 0 radical (unpaired) electrons. The standard InChI is InChI=1S/C17H12N2O6/c1-19-15(21)12(14(20)18-17(19)24)8-9-6-7-13(25-9)10-4-2-3-5-11(10)16(22)23/h2-8H,1H3,(H,22,23)(H,18,20,24)/b12-8+. The number of nitrogens with zero attached hydrogens (tertiary/aromatic N) is 1. The average Bonchev–Trinajstić information content (AvgIpc) is 3.05. The van der Waals surface area contributed by atoms with Gasteiger partial charge in [0.05, 0.1) is 5.56 Å². The number of amides is 4. The Kier molecular flexibility index (Phi) is 3.94. The van der Waals surface area contributed by atoms with Gasteiger partial charge < -0.3 is 9.52 Å². The van der Waals surface area contributed by atoms with Crippen molar-refractivity contribution in [1.29, 1.82) is 0 Å². The predicted octanol–water partition coefficient (Wildman–Crippen LogP) is 1.74. The van der Waals surface area contributed by atoms with Crippen molar-refractivity contribution < 1.29 is 28.7 Å². The number of carboxylic acids is 1. The molecule has 126 valence electrons. The summed E-state index contributed by atoms with van der Waals surface area (Å²) in [5.41, 5.74) is 0.175. The minimum atomic E-state index is -1.10. The number of carboxylic acid groups (broad SMARTS) is 1. The molecule has 1 aromatic heterocycles. The van der Waals surface area contributed by atoms with Crippen molar-refractivity contribution in [1.82, 2.24) is 10.2 Å². The van der Waals surface area contributed by atoms with Crippen molar-refractivity contribution >= 4 is 29.9 Å². The number of hydrogen-bond donors (Lipinski definition) is 2. The molecule has 1 aliphatic heterocycles. The van der Waals surface area contributed by atoms with E-state index in [1.54, 1.807) is 18.2 Å². The zero-order valence-electron chi connectivity index (χ0n) is 13.0. The highest BCUT2D eigenvalue weighted by molar-refractivity contribution is 6.30. The van der Waals surface area contributed by atoms with Crippen LogP contribution < -0.4 is 5.32 Å². The lowest BCUT2D eigenvalue weighted by molar-refractivity contribution is -0.129. The summed E-state index contributed by atoms with van der Waals surface area (Å²) >= 11 is 0. The highest BCUT2D eigenvalue weighted by Crippen LogP contribution is 2.27. The van der Waals surface area contributed by atoms with Crippen molar-refractivity contribution in [3.8, 4) is 11.3 Å². The van der Waals surface area contributed by atoms with Gasteiger partial charge in [-0.05, 0) is 24.3 Å². The summed E-state index contributed by atoms with van der Waals surface area (Å²) < 4.78 is 5.55. The van der Waals surface area contributed by atoms with Gasteiger partial charge in [-0.1, -0.05) is 18.2 Å². The van der Waals surface area contributed by atoms with Crippen LogP contribution >= 0.6 is 0 Å². The largest absolute Gasteiger partial charge is 0.478 e.